The van der Waals surface area contributed by atoms with Gasteiger partial charge in [-0.3, -0.25) is 4.79 Å². The first kappa shape index (κ1) is 24.1. The normalized spacial score (nSPS) is 18.0. The number of carbonyl (C=O) groups is 1. The molecule has 1 unspecified atom stereocenters. The summed E-state index contributed by atoms with van der Waals surface area (Å²) in [7, 11) is -3.84. The van der Waals surface area contributed by atoms with Crippen molar-refractivity contribution in [1.29, 1.82) is 0 Å². The number of sulfonamides is 1. The first-order chi connectivity index (χ1) is 15.7. The fourth-order valence-electron chi connectivity index (χ4n) is 3.80. The van der Waals surface area contributed by atoms with Gasteiger partial charge in [-0.05, 0) is 49.2 Å². The topological polar surface area (TPSA) is 71.7 Å². The van der Waals surface area contributed by atoms with Crippen LogP contribution in [-0.4, -0.2) is 36.3 Å². The monoisotopic (exact) mass is 527 g/mol. The van der Waals surface area contributed by atoms with Crippen molar-refractivity contribution >= 4 is 60.7 Å². The van der Waals surface area contributed by atoms with Gasteiger partial charge in [-0.1, -0.05) is 40.6 Å². The molecule has 1 fully saturated rings. The molecule has 4 rings (SSSR count). The number of rotatable bonds is 5. The Balaban J connectivity index is 1.66. The number of benzene rings is 2. The number of nitrogens with zero attached hydrogens (tertiary/aromatic N) is 3. The summed E-state index contributed by atoms with van der Waals surface area (Å²) in [6.07, 6.45) is 2.71. The summed E-state index contributed by atoms with van der Waals surface area (Å²) in [5.74, 6) is -1.52. The molecule has 1 aromatic heterocycles. The van der Waals surface area contributed by atoms with Crippen LogP contribution in [0, 0.1) is 11.7 Å². The molecule has 6 nitrogen and oxygen atoms in total. The summed E-state index contributed by atoms with van der Waals surface area (Å²) < 4.78 is 42.9. The number of carbonyl (C=O) groups excluding carboxylic acids is 1. The molecule has 1 atom stereocenters. The van der Waals surface area contributed by atoms with Gasteiger partial charge in [0.25, 0.3) is 5.91 Å². The van der Waals surface area contributed by atoms with Crippen molar-refractivity contribution in [3.05, 3.63) is 69.7 Å². The summed E-state index contributed by atoms with van der Waals surface area (Å²) in [6.45, 7) is 4.43. The molecular weight excluding hydrogens is 508 g/mol. The third kappa shape index (κ3) is 4.79. The molecule has 1 saturated heterocycles. The van der Waals surface area contributed by atoms with Crippen molar-refractivity contribution in [2.45, 2.75) is 24.3 Å². The van der Waals surface area contributed by atoms with Crippen LogP contribution in [0.15, 0.2) is 58.9 Å². The zero-order chi connectivity index (χ0) is 23.8. The third-order valence-electron chi connectivity index (χ3n) is 5.43. The second-order valence-corrected chi connectivity index (χ2v) is 11.3. The van der Waals surface area contributed by atoms with E-state index in [4.69, 9.17) is 23.2 Å². The van der Waals surface area contributed by atoms with Gasteiger partial charge in [0.1, 0.15) is 5.82 Å². The highest BCUT2D eigenvalue weighted by molar-refractivity contribution is 7.89. The molecule has 0 aliphatic carbocycles. The van der Waals surface area contributed by atoms with Crippen LogP contribution in [0.5, 0.6) is 0 Å². The lowest BCUT2D eigenvalue weighted by Crippen LogP contribution is -2.42. The van der Waals surface area contributed by atoms with Gasteiger partial charge in [-0.2, -0.15) is 9.30 Å². The van der Waals surface area contributed by atoms with Gasteiger partial charge >= 0.3 is 0 Å². The number of allylic oxidation sites excluding steroid dienone is 1. The highest BCUT2D eigenvalue weighted by Gasteiger charge is 2.33. The summed E-state index contributed by atoms with van der Waals surface area (Å²) in [5, 5.41) is 0.982. The van der Waals surface area contributed by atoms with E-state index in [0.29, 0.717) is 44.4 Å². The molecule has 1 aliphatic heterocycles. The van der Waals surface area contributed by atoms with E-state index in [1.165, 1.54) is 27.8 Å². The van der Waals surface area contributed by atoms with E-state index in [9.17, 15) is 17.6 Å². The van der Waals surface area contributed by atoms with Crippen LogP contribution in [0.1, 0.15) is 12.8 Å². The van der Waals surface area contributed by atoms with Crippen LogP contribution in [0.3, 0.4) is 0 Å². The fraction of sp³-hybridized carbons (Fsp3) is 0.273. The zero-order valence-electron chi connectivity index (χ0n) is 17.4. The lowest BCUT2D eigenvalue weighted by atomic mass is 9.99. The minimum absolute atomic E-state index is 0.00782. The standard InChI is InChI=1S/C22H20Cl2FN3O3S2/c1-2-11-28-19-17(23)9-10-18(24)20(19)32-22(28)26-21(29)14-4-3-12-27(13-14)33(30,31)16-7-5-15(25)6-8-16/h2,5-10,14H,1,3-4,11-13H2. The molecule has 3 aromatic rings. The van der Waals surface area contributed by atoms with Crippen molar-refractivity contribution in [2.75, 3.05) is 13.1 Å². The van der Waals surface area contributed by atoms with E-state index in [1.807, 2.05) is 0 Å². The first-order valence-corrected chi connectivity index (χ1v) is 13.2. The van der Waals surface area contributed by atoms with Crippen molar-refractivity contribution in [1.82, 2.24) is 8.87 Å². The van der Waals surface area contributed by atoms with Gasteiger partial charge in [0.05, 0.1) is 31.1 Å². The highest BCUT2D eigenvalue weighted by atomic mass is 35.5. The van der Waals surface area contributed by atoms with Crippen LogP contribution in [0.25, 0.3) is 10.2 Å². The minimum atomic E-state index is -3.84. The van der Waals surface area contributed by atoms with Gasteiger partial charge in [0.15, 0.2) is 4.80 Å². The Morgan fingerprint density at radius 1 is 1.21 bits per heavy atom. The lowest BCUT2D eigenvalue weighted by Gasteiger charge is -2.30. The van der Waals surface area contributed by atoms with Gasteiger partial charge in [0.2, 0.25) is 10.0 Å². The molecule has 2 aromatic carbocycles. The van der Waals surface area contributed by atoms with E-state index in [0.717, 1.165) is 12.1 Å². The first-order valence-electron chi connectivity index (χ1n) is 10.1. The van der Waals surface area contributed by atoms with E-state index < -0.39 is 27.7 Å². The van der Waals surface area contributed by atoms with Gasteiger partial charge in [-0.15, -0.1) is 6.58 Å². The number of piperidine rings is 1. The average Bonchev–Trinajstić information content (AvgIpc) is 3.16. The minimum Gasteiger partial charge on any atom is -0.311 e. The second kappa shape index (κ2) is 9.68. The summed E-state index contributed by atoms with van der Waals surface area (Å²) in [6, 6.07) is 8.03. The number of hydrogen-bond donors (Lipinski definition) is 0. The quantitative estimate of drug-likeness (QED) is 0.444. The molecule has 0 saturated carbocycles. The lowest BCUT2D eigenvalue weighted by molar-refractivity contribution is -0.122. The third-order valence-corrected chi connectivity index (χ3v) is 9.15. The molecule has 11 heteroatoms. The van der Waals surface area contributed by atoms with Crippen LogP contribution >= 0.6 is 34.5 Å². The fourth-order valence-corrected chi connectivity index (χ4v) is 6.98. The number of fused-ring (bicyclic) bond motifs is 1. The Morgan fingerprint density at radius 3 is 2.61 bits per heavy atom. The molecule has 33 heavy (non-hydrogen) atoms. The Labute approximate surface area is 204 Å². The van der Waals surface area contributed by atoms with Crippen LogP contribution in [0.4, 0.5) is 4.39 Å². The van der Waals surface area contributed by atoms with Crippen LogP contribution in [0.2, 0.25) is 10.0 Å². The largest absolute Gasteiger partial charge is 0.311 e. The molecule has 0 spiro atoms. The molecule has 2 heterocycles. The average molecular weight is 528 g/mol. The number of thiazole rings is 1. The predicted molar refractivity (Wildman–Crippen MR) is 128 cm³/mol. The summed E-state index contributed by atoms with van der Waals surface area (Å²) in [5.41, 5.74) is 0.671. The van der Waals surface area contributed by atoms with E-state index in [2.05, 4.69) is 11.6 Å². The van der Waals surface area contributed by atoms with Crippen LogP contribution < -0.4 is 4.80 Å². The van der Waals surface area contributed by atoms with E-state index >= 15 is 0 Å². The van der Waals surface area contributed by atoms with Crippen LogP contribution in [-0.2, 0) is 21.4 Å². The van der Waals surface area contributed by atoms with E-state index in [-0.39, 0.29) is 18.0 Å². The van der Waals surface area contributed by atoms with E-state index in [1.54, 1.807) is 22.8 Å². The number of halogens is 3. The van der Waals surface area contributed by atoms with Gasteiger partial charge in [0, 0.05) is 19.6 Å². The van der Waals surface area contributed by atoms with Crippen molar-refractivity contribution in [3.8, 4) is 0 Å². The molecule has 0 bridgehead atoms. The maximum atomic E-state index is 13.2. The predicted octanol–water partition coefficient (Wildman–Crippen LogP) is 4.86. The Hall–Kier alpha value is -2.04. The maximum Gasteiger partial charge on any atom is 0.252 e. The molecule has 0 radical (unpaired) electrons. The zero-order valence-corrected chi connectivity index (χ0v) is 20.5. The summed E-state index contributed by atoms with van der Waals surface area (Å²) >= 11 is 13.9. The van der Waals surface area contributed by atoms with Crippen molar-refractivity contribution < 1.29 is 17.6 Å². The number of amides is 1. The second-order valence-electron chi connectivity index (χ2n) is 7.60. The molecule has 174 valence electrons. The SMILES string of the molecule is C=CCn1c(=NC(=O)C2CCCN(S(=O)(=O)c3ccc(F)cc3)C2)sc2c(Cl)ccc(Cl)c21. The Morgan fingerprint density at radius 2 is 1.91 bits per heavy atom. The van der Waals surface area contributed by atoms with Gasteiger partial charge < -0.3 is 4.57 Å². The smallest absolute Gasteiger partial charge is 0.252 e. The molecule has 1 amide bonds. The number of aromatic nitrogens is 1. The Kier molecular flexibility index (Phi) is 7.07. The highest BCUT2D eigenvalue weighted by Crippen LogP contribution is 2.32. The van der Waals surface area contributed by atoms with Gasteiger partial charge in [-0.25, -0.2) is 12.8 Å². The molecular formula is C22H20Cl2FN3O3S2. The number of hydrogen-bond acceptors (Lipinski definition) is 4. The molecule has 1 aliphatic rings. The van der Waals surface area contributed by atoms with Crippen molar-refractivity contribution in [2.24, 2.45) is 10.9 Å². The molecule has 0 N–H and O–H groups in total. The summed E-state index contributed by atoms with van der Waals surface area (Å²) in [4.78, 5) is 17.8. The maximum absolute atomic E-state index is 13.2. The van der Waals surface area contributed by atoms with Crippen molar-refractivity contribution in [3.63, 3.8) is 0 Å². The Bertz CT molecular complexity index is 1400.